The summed E-state index contributed by atoms with van der Waals surface area (Å²) in [5.74, 6) is -1.04. The van der Waals surface area contributed by atoms with Gasteiger partial charge in [0.25, 0.3) is 0 Å². The molecule has 9 heteroatoms. The number of carbonyl (C=O) groups is 3. The number of amides is 3. The Kier molecular flexibility index (Phi) is 7.18. The van der Waals surface area contributed by atoms with Gasteiger partial charge in [0.05, 0.1) is 17.7 Å². The van der Waals surface area contributed by atoms with E-state index in [0.29, 0.717) is 36.3 Å². The maximum absolute atomic E-state index is 12.6. The van der Waals surface area contributed by atoms with Crippen LogP contribution in [-0.2, 0) is 4.79 Å². The number of likely N-dealkylation sites (tertiary alicyclic amines) is 1. The zero-order valence-electron chi connectivity index (χ0n) is 16.2. The molecule has 0 spiro atoms. The maximum atomic E-state index is 12.6. The van der Waals surface area contributed by atoms with Crippen molar-refractivity contribution in [2.75, 3.05) is 19.6 Å². The highest BCUT2D eigenvalue weighted by Crippen LogP contribution is 2.24. The molecule has 1 aliphatic rings. The zero-order chi connectivity index (χ0) is 20.1. The Balaban J connectivity index is 1.93. The van der Waals surface area contributed by atoms with Gasteiger partial charge in [0.2, 0.25) is 5.91 Å². The lowest BCUT2D eigenvalue weighted by Gasteiger charge is -2.32. The van der Waals surface area contributed by atoms with Crippen molar-refractivity contribution in [3.05, 3.63) is 15.6 Å². The quantitative estimate of drug-likeness (QED) is 0.684. The largest absolute Gasteiger partial charge is 0.477 e. The molecule has 1 aliphatic heterocycles. The predicted octanol–water partition coefficient (Wildman–Crippen LogP) is 2.40. The Hall–Kier alpha value is -2.16. The van der Waals surface area contributed by atoms with E-state index in [1.54, 1.807) is 18.7 Å². The van der Waals surface area contributed by atoms with Gasteiger partial charge in [-0.1, -0.05) is 13.8 Å². The number of nitrogens with zero attached hydrogens (tertiary/aromatic N) is 2. The molecule has 3 amide bonds. The number of aromatic carboxylic acids is 1. The van der Waals surface area contributed by atoms with E-state index >= 15 is 0 Å². The highest BCUT2D eigenvalue weighted by Gasteiger charge is 2.30. The molecule has 0 radical (unpaired) electrons. The minimum atomic E-state index is -1.01. The second-order valence-corrected chi connectivity index (χ2v) is 8.40. The summed E-state index contributed by atoms with van der Waals surface area (Å²) in [6, 6.07) is -0.504. The highest BCUT2D eigenvalue weighted by atomic mass is 32.1. The average Bonchev–Trinajstić information content (AvgIpc) is 3.01. The normalized spacial score (nSPS) is 18.3. The minimum Gasteiger partial charge on any atom is -0.477 e. The molecule has 2 rings (SSSR count). The number of urea groups is 1. The number of thiazole rings is 1. The van der Waals surface area contributed by atoms with Gasteiger partial charge in [-0.3, -0.25) is 4.79 Å². The van der Waals surface area contributed by atoms with E-state index in [2.05, 4.69) is 15.6 Å². The number of nitrogens with one attached hydrogen (secondary N) is 2. The number of carbonyl (C=O) groups excluding carboxylic acids is 2. The van der Waals surface area contributed by atoms with E-state index in [0.717, 1.165) is 24.2 Å². The molecule has 27 heavy (non-hydrogen) atoms. The summed E-state index contributed by atoms with van der Waals surface area (Å²) in [6.07, 6.45) is 1.50. The van der Waals surface area contributed by atoms with E-state index in [4.69, 9.17) is 5.11 Å². The van der Waals surface area contributed by atoms with Crippen molar-refractivity contribution in [2.24, 2.45) is 11.8 Å². The topological polar surface area (TPSA) is 112 Å². The molecule has 1 fully saturated rings. The first-order valence-corrected chi connectivity index (χ1v) is 10.0. The second-order valence-electron chi connectivity index (χ2n) is 7.37. The molecular weight excluding hydrogens is 368 g/mol. The summed E-state index contributed by atoms with van der Waals surface area (Å²) in [5, 5.41) is 15.5. The van der Waals surface area contributed by atoms with Crippen LogP contribution in [0.25, 0.3) is 0 Å². The molecule has 8 nitrogen and oxygen atoms in total. The van der Waals surface area contributed by atoms with Crippen LogP contribution in [0.15, 0.2) is 0 Å². The van der Waals surface area contributed by atoms with Crippen LogP contribution in [0.2, 0.25) is 0 Å². The number of aryl methyl sites for hydroxylation is 1. The minimum absolute atomic E-state index is 0.129. The molecule has 1 aromatic rings. The van der Waals surface area contributed by atoms with Crippen molar-refractivity contribution < 1.29 is 19.5 Å². The van der Waals surface area contributed by atoms with Crippen LogP contribution >= 0.6 is 11.3 Å². The maximum Gasteiger partial charge on any atom is 0.347 e. The van der Waals surface area contributed by atoms with E-state index < -0.39 is 5.97 Å². The van der Waals surface area contributed by atoms with Crippen molar-refractivity contribution in [1.82, 2.24) is 20.5 Å². The Bertz CT molecular complexity index is 704. The summed E-state index contributed by atoms with van der Waals surface area (Å²) in [5.41, 5.74) is 0.453. The van der Waals surface area contributed by atoms with Crippen LogP contribution in [0.1, 0.15) is 60.0 Å². The highest BCUT2D eigenvalue weighted by molar-refractivity contribution is 7.13. The molecule has 1 aromatic heterocycles. The Morgan fingerprint density at radius 2 is 2.04 bits per heavy atom. The standard InChI is InChI=1S/C18H28N4O4S/c1-10(2)8-19-18(26)22-7-5-6-13(9-22)15(23)20-12(4)16-21-11(3)14(27-16)17(24)25/h10,12-13H,5-9H2,1-4H3,(H,19,26)(H,20,23)(H,24,25). The van der Waals surface area contributed by atoms with Gasteiger partial charge in [-0.2, -0.15) is 0 Å². The van der Waals surface area contributed by atoms with Crippen LogP contribution in [-0.4, -0.2) is 52.5 Å². The van der Waals surface area contributed by atoms with Crippen LogP contribution in [0, 0.1) is 18.8 Å². The van der Waals surface area contributed by atoms with Crippen molar-refractivity contribution in [3.8, 4) is 0 Å². The van der Waals surface area contributed by atoms with Crippen LogP contribution in [0.5, 0.6) is 0 Å². The second kappa shape index (κ2) is 9.16. The third kappa shape index (κ3) is 5.66. The Morgan fingerprint density at radius 3 is 2.63 bits per heavy atom. The number of carboxylic acids is 1. The zero-order valence-corrected chi connectivity index (χ0v) is 17.1. The third-order valence-electron chi connectivity index (χ3n) is 4.48. The fourth-order valence-electron chi connectivity index (χ4n) is 2.97. The lowest BCUT2D eigenvalue weighted by atomic mass is 9.97. The van der Waals surface area contributed by atoms with Gasteiger partial charge < -0.3 is 20.6 Å². The van der Waals surface area contributed by atoms with Gasteiger partial charge in [-0.25, -0.2) is 14.6 Å². The van der Waals surface area contributed by atoms with E-state index in [1.807, 2.05) is 13.8 Å². The molecular formula is C18H28N4O4S. The van der Waals surface area contributed by atoms with Gasteiger partial charge in [0, 0.05) is 19.6 Å². The fraction of sp³-hybridized carbons (Fsp3) is 0.667. The summed E-state index contributed by atoms with van der Waals surface area (Å²) in [4.78, 5) is 42.2. The fourth-order valence-corrected chi connectivity index (χ4v) is 3.88. The Morgan fingerprint density at radius 1 is 1.33 bits per heavy atom. The summed E-state index contributed by atoms with van der Waals surface area (Å²) >= 11 is 1.08. The Labute approximate surface area is 163 Å². The van der Waals surface area contributed by atoms with Gasteiger partial charge in [0.1, 0.15) is 9.88 Å². The molecule has 0 aliphatic carbocycles. The molecule has 0 saturated carbocycles. The number of rotatable bonds is 6. The predicted molar refractivity (Wildman–Crippen MR) is 103 cm³/mol. The molecule has 150 valence electrons. The van der Waals surface area contributed by atoms with Crippen LogP contribution in [0.4, 0.5) is 4.79 Å². The number of hydrogen-bond acceptors (Lipinski definition) is 5. The van der Waals surface area contributed by atoms with Gasteiger partial charge in [-0.15, -0.1) is 11.3 Å². The number of carboxylic acid groups (broad SMARTS) is 1. The van der Waals surface area contributed by atoms with Gasteiger partial charge in [-0.05, 0) is 32.6 Å². The summed E-state index contributed by atoms with van der Waals surface area (Å²) in [6.45, 7) is 9.15. The molecule has 2 heterocycles. The number of piperidine rings is 1. The third-order valence-corrected chi connectivity index (χ3v) is 5.81. The van der Waals surface area contributed by atoms with Gasteiger partial charge >= 0.3 is 12.0 Å². The molecule has 2 unspecified atom stereocenters. The lowest BCUT2D eigenvalue weighted by molar-refractivity contribution is -0.127. The average molecular weight is 397 g/mol. The SMILES string of the molecule is Cc1nc(C(C)NC(=O)C2CCCN(C(=O)NCC(C)C)C2)sc1C(=O)O. The number of hydrogen-bond donors (Lipinski definition) is 3. The van der Waals surface area contributed by atoms with E-state index in [9.17, 15) is 14.4 Å². The smallest absolute Gasteiger partial charge is 0.347 e. The van der Waals surface area contributed by atoms with E-state index in [1.165, 1.54) is 0 Å². The van der Waals surface area contributed by atoms with Crippen LogP contribution in [0.3, 0.4) is 0 Å². The first kappa shape index (κ1) is 21.1. The summed E-state index contributed by atoms with van der Waals surface area (Å²) in [7, 11) is 0. The summed E-state index contributed by atoms with van der Waals surface area (Å²) < 4.78 is 0. The van der Waals surface area contributed by atoms with Crippen molar-refractivity contribution in [3.63, 3.8) is 0 Å². The lowest BCUT2D eigenvalue weighted by Crippen LogP contribution is -2.49. The molecule has 0 bridgehead atoms. The first-order chi connectivity index (χ1) is 12.7. The first-order valence-electron chi connectivity index (χ1n) is 9.22. The van der Waals surface area contributed by atoms with Gasteiger partial charge in [0.15, 0.2) is 0 Å². The molecule has 0 aromatic carbocycles. The monoisotopic (exact) mass is 396 g/mol. The molecule has 2 atom stereocenters. The molecule has 1 saturated heterocycles. The van der Waals surface area contributed by atoms with Crippen molar-refractivity contribution in [2.45, 2.75) is 46.6 Å². The molecule has 3 N–H and O–H groups in total. The van der Waals surface area contributed by atoms with Crippen molar-refractivity contribution >= 4 is 29.2 Å². The van der Waals surface area contributed by atoms with Crippen LogP contribution < -0.4 is 10.6 Å². The van der Waals surface area contributed by atoms with E-state index in [-0.39, 0.29) is 28.8 Å². The number of aromatic nitrogens is 1. The van der Waals surface area contributed by atoms with Crippen molar-refractivity contribution in [1.29, 1.82) is 0 Å².